The standard InChI is InChI=1S/C8H12N2O2/c1-2-9-10(3-1)6-8-7-11-4-5-12-8/h1-3,8H,4-7H2. The lowest BCUT2D eigenvalue weighted by Crippen LogP contribution is -2.32. The highest BCUT2D eigenvalue weighted by atomic mass is 16.6. The predicted molar refractivity (Wildman–Crippen MR) is 42.8 cm³/mol. The zero-order valence-corrected chi connectivity index (χ0v) is 6.85. The zero-order chi connectivity index (χ0) is 8.23. The van der Waals surface area contributed by atoms with Crippen LogP contribution in [0.1, 0.15) is 0 Å². The first-order valence-corrected chi connectivity index (χ1v) is 4.12. The van der Waals surface area contributed by atoms with Gasteiger partial charge >= 0.3 is 0 Å². The molecule has 1 unspecified atom stereocenters. The minimum Gasteiger partial charge on any atom is -0.376 e. The van der Waals surface area contributed by atoms with Gasteiger partial charge in [-0.2, -0.15) is 5.10 Å². The van der Waals surface area contributed by atoms with Crippen LogP contribution < -0.4 is 0 Å². The van der Waals surface area contributed by atoms with Crippen LogP contribution >= 0.6 is 0 Å². The smallest absolute Gasteiger partial charge is 0.100 e. The van der Waals surface area contributed by atoms with Gasteiger partial charge in [-0.15, -0.1) is 0 Å². The van der Waals surface area contributed by atoms with Crippen molar-refractivity contribution < 1.29 is 9.47 Å². The lowest BCUT2D eigenvalue weighted by molar-refractivity contribution is -0.0946. The Labute approximate surface area is 71.1 Å². The largest absolute Gasteiger partial charge is 0.376 e. The molecule has 1 saturated heterocycles. The Morgan fingerprint density at radius 2 is 2.50 bits per heavy atom. The molecule has 2 heterocycles. The van der Waals surface area contributed by atoms with Crippen molar-refractivity contribution in [3.8, 4) is 0 Å². The lowest BCUT2D eigenvalue weighted by atomic mass is 10.3. The van der Waals surface area contributed by atoms with Crippen LogP contribution in [0.2, 0.25) is 0 Å². The Bertz CT molecular complexity index is 217. The summed E-state index contributed by atoms with van der Waals surface area (Å²) in [6, 6.07) is 1.91. The average Bonchev–Trinajstić information content (AvgIpc) is 2.59. The minimum absolute atomic E-state index is 0.165. The molecule has 0 N–H and O–H groups in total. The molecular formula is C8H12N2O2. The van der Waals surface area contributed by atoms with Gasteiger partial charge in [0.2, 0.25) is 0 Å². The van der Waals surface area contributed by atoms with Crippen molar-refractivity contribution in [3.05, 3.63) is 18.5 Å². The van der Waals surface area contributed by atoms with Gasteiger partial charge in [-0.25, -0.2) is 0 Å². The van der Waals surface area contributed by atoms with Crippen molar-refractivity contribution in [2.45, 2.75) is 12.6 Å². The Balaban J connectivity index is 1.86. The van der Waals surface area contributed by atoms with E-state index in [1.807, 2.05) is 16.9 Å². The van der Waals surface area contributed by atoms with Crippen LogP contribution in [0.5, 0.6) is 0 Å². The summed E-state index contributed by atoms with van der Waals surface area (Å²) in [4.78, 5) is 0. The third kappa shape index (κ3) is 1.84. The molecule has 66 valence electrons. The number of nitrogens with zero attached hydrogens (tertiary/aromatic N) is 2. The number of ether oxygens (including phenoxy) is 2. The maximum atomic E-state index is 5.47. The first-order valence-electron chi connectivity index (χ1n) is 4.12. The fourth-order valence-corrected chi connectivity index (χ4v) is 1.26. The predicted octanol–water partition coefficient (Wildman–Crippen LogP) is 0.298. The van der Waals surface area contributed by atoms with E-state index < -0.39 is 0 Å². The van der Waals surface area contributed by atoms with E-state index >= 15 is 0 Å². The number of hydrogen-bond acceptors (Lipinski definition) is 3. The van der Waals surface area contributed by atoms with Crippen molar-refractivity contribution in [1.29, 1.82) is 0 Å². The van der Waals surface area contributed by atoms with Gasteiger partial charge in [0, 0.05) is 12.4 Å². The van der Waals surface area contributed by atoms with Gasteiger partial charge in [-0.3, -0.25) is 4.68 Å². The number of aromatic nitrogens is 2. The Morgan fingerprint density at radius 1 is 1.50 bits per heavy atom. The summed E-state index contributed by atoms with van der Waals surface area (Å²) in [7, 11) is 0. The highest BCUT2D eigenvalue weighted by Gasteiger charge is 2.14. The Kier molecular flexibility index (Phi) is 2.39. The van der Waals surface area contributed by atoms with Gasteiger partial charge < -0.3 is 9.47 Å². The van der Waals surface area contributed by atoms with E-state index in [0.717, 1.165) is 13.2 Å². The summed E-state index contributed by atoms with van der Waals surface area (Å²) in [6.07, 6.45) is 3.86. The molecule has 4 nitrogen and oxygen atoms in total. The van der Waals surface area contributed by atoms with E-state index in [0.29, 0.717) is 13.2 Å². The van der Waals surface area contributed by atoms with Crippen LogP contribution in [0.15, 0.2) is 18.5 Å². The SMILES string of the molecule is c1cnn(CC2COCCO2)c1. The van der Waals surface area contributed by atoms with Crippen molar-refractivity contribution in [2.75, 3.05) is 19.8 Å². The molecule has 12 heavy (non-hydrogen) atoms. The van der Waals surface area contributed by atoms with Crippen molar-refractivity contribution in [2.24, 2.45) is 0 Å². The summed E-state index contributed by atoms with van der Waals surface area (Å²) in [6.45, 7) is 2.88. The molecule has 0 amide bonds. The maximum Gasteiger partial charge on any atom is 0.100 e. The topological polar surface area (TPSA) is 36.3 Å². The van der Waals surface area contributed by atoms with E-state index in [1.165, 1.54) is 0 Å². The summed E-state index contributed by atoms with van der Waals surface area (Å²) in [5.41, 5.74) is 0. The van der Waals surface area contributed by atoms with E-state index in [9.17, 15) is 0 Å². The second-order valence-electron chi connectivity index (χ2n) is 2.80. The molecule has 4 heteroatoms. The summed E-state index contributed by atoms with van der Waals surface area (Å²) in [5, 5.41) is 4.09. The molecule has 1 aromatic rings. The molecule has 0 bridgehead atoms. The molecule has 0 saturated carbocycles. The molecular weight excluding hydrogens is 156 g/mol. The van der Waals surface area contributed by atoms with Crippen LogP contribution in [0, 0.1) is 0 Å². The van der Waals surface area contributed by atoms with Gasteiger partial charge in [0.25, 0.3) is 0 Å². The molecule has 1 aliphatic heterocycles. The van der Waals surface area contributed by atoms with Gasteiger partial charge in [0.15, 0.2) is 0 Å². The third-order valence-electron chi connectivity index (χ3n) is 1.83. The van der Waals surface area contributed by atoms with E-state index in [4.69, 9.17) is 9.47 Å². The molecule has 2 rings (SSSR count). The second-order valence-corrected chi connectivity index (χ2v) is 2.80. The zero-order valence-electron chi connectivity index (χ0n) is 6.85. The number of hydrogen-bond donors (Lipinski definition) is 0. The van der Waals surface area contributed by atoms with Crippen molar-refractivity contribution >= 4 is 0 Å². The highest BCUT2D eigenvalue weighted by molar-refractivity contribution is 4.78. The number of rotatable bonds is 2. The highest BCUT2D eigenvalue weighted by Crippen LogP contribution is 2.02. The molecule has 1 fully saturated rings. The average molecular weight is 168 g/mol. The molecule has 1 atom stereocenters. The molecule has 0 aromatic carbocycles. The van der Waals surface area contributed by atoms with Gasteiger partial charge in [0.1, 0.15) is 6.10 Å². The fourth-order valence-electron chi connectivity index (χ4n) is 1.26. The van der Waals surface area contributed by atoms with Crippen LogP contribution in [0.3, 0.4) is 0 Å². The van der Waals surface area contributed by atoms with Crippen LogP contribution in [-0.4, -0.2) is 35.7 Å². The summed E-state index contributed by atoms with van der Waals surface area (Å²) in [5.74, 6) is 0. The Morgan fingerprint density at radius 3 is 3.17 bits per heavy atom. The van der Waals surface area contributed by atoms with Crippen LogP contribution in [0.4, 0.5) is 0 Å². The molecule has 0 spiro atoms. The first kappa shape index (κ1) is 7.76. The van der Waals surface area contributed by atoms with Crippen LogP contribution in [-0.2, 0) is 16.0 Å². The maximum absolute atomic E-state index is 5.47. The van der Waals surface area contributed by atoms with Crippen LogP contribution in [0.25, 0.3) is 0 Å². The quantitative estimate of drug-likeness (QED) is 0.637. The van der Waals surface area contributed by atoms with Gasteiger partial charge in [0.05, 0.1) is 26.4 Å². The molecule has 0 radical (unpaired) electrons. The van der Waals surface area contributed by atoms with Crippen molar-refractivity contribution in [1.82, 2.24) is 9.78 Å². The molecule has 1 aromatic heterocycles. The monoisotopic (exact) mass is 168 g/mol. The fraction of sp³-hybridized carbons (Fsp3) is 0.625. The molecule has 1 aliphatic rings. The van der Waals surface area contributed by atoms with Crippen molar-refractivity contribution in [3.63, 3.8) is 0 Å². The van der Waals surface area contributed by atoms with E-state index in [1.54, 1.807) is 6.20 Å². The minimum atomic E-state index is 0.165. The normalized spacial score (nSPS) is 24.2. The van der Waals surface area contributed by atoms with Gasteiger partial charge in [-0.05, 0) is 6.07 Å². The summed E-state index contributed by atoms with van der Waals surface area (Å²) >= 11 is 0. The Hall–Kier alpha value is -0.870. The third-order valence-corrected chi connectivity index (χ3v) is 1.83. The lowest BCUT2D eigenvalue weighted by Gasteiger charge is -2.22. The van der Waals surface area contributed by atoms with Gasteiger partial charge in [-0.1, -0.05) is 0 Å². The van der Waals surface area contributed by atoms with E-state index in [-0.39, 0.29) is 6.10 Å². The van der Waals surface area contributed by atoms with E-state index in [2.05, 4.69) is 5.10 Å². The molecule has 0 aliphatic carbocycles. The second kappa shape index (κ2) is 3.69. The first-order chi connectivity index (χ1) is 5.95. The summed E-state index contributed by atoms with van der Waals surface area (Å²) < 4.78 is 12.6.